The van der Waals surface area contributed by atoms with E-state index >= 15 is 0 Å². The number of carbonyl (C=O) groups excluding carboxylic acids is 1. The number of anilines is 1. The molecule has 6 nitrogen and oxygen atoms in total. The van der Waals surface area contributed by atoms with Crippen molar-refractivity contribution in [1.82, 2.24) is 0 Å². The van der Waals surface area contributed by atoms with Crippen LogP contribution in [-0.4, -0.2) is 29.7 Å². The molecule has 0 radical (unpaired) electrons. The number of ether oxygens (including phenoxy) is 2. The Morgan fingerprint density at radius 3 is 2.50 bits per heavy atom. The van der Waals surface area contributed by atoms with Gasteiger partial charge in [0.05, 0.1) is 0 Å². The first-order chi connectivity index (χ1) is 12.3. The Balaban J connectivity index is 1.98. The van der Waals surface area contributed by atoms with Crippen LogP contribution < -0.4 is 14.8 Å². The van der Waals surface area contributed by atoms with Gasteiger partial charge in [-0.15, -0.1) is 0 Å². The highest BCUT2D eigenvalue weighted by molar-refractivity contribution is 5.94. The minimum Gasteiger partial charge on any atom is -0.481 e. The van der Waals surface area contributed by atoms with Gasteiger partial charge in [0.2, 0.25) is 0 Å². The number of hydrogen-bond acceptors (Lipinski definition) is 4. The molecule has 2 rings (SSSR count). The van der Waals surface area contributed by atoms with Crippen LogP contribution in [0.1, 0.15) is 18.1 Å². The van der Waals surface area contributed by atoms with Gasteiger partial charge in [-0.1, -0.05) is 6.07 Å². The first-order valence-electron chi connectivity index (χ1n) is 7.95. The number of nitrogens with one attached hydrogen (secondary N) is 1. The highest BCUT2D eigenvalue weighted by Gasteiger charge is 2.16. The quantitative estimate of drug-likeness (QED) is 0.790. The molecule has 0 aromatic heterocycles. The average molecular weight is 361 g/mol. The molecule has 138 valence electrons. The fourth-order valence-corrected chi connectivity index (χ4v) is 2.12. The van der Waals surface area contributed by atoms with E-state index in [4.69, 9.17) is 14.6 Å². The van der Waals surface area contributed by atoms with Crippen LogP contribution in [0.4, 0.5) is 10.1 Å². The number of benzene rings is 2. The first-order valence-corrected chi connectivity index (χ1v) is 7.95. The number of amides is 1. The summed E-state index contributed by atoms with van der Waals surface area (Å²) in [6.45, 7) is 4.87. The lowest BCUT2D eigenvalue weighted by molar-refractivity contribution is -0.139. The largest absolute Gasteiger partial charge is 0.481 e. The number of hydrogen-bond donors (Lipinski definition) is 2. The van der Waals surface area contributed by atoms with E-state index in [1.165, 1.54) is 12.1 Å². The molecule has 0 bridgehead atoms. The highest BCUT2D eigenvalue weighted by Crippen LogP contribution is 2.22. The number of carboxylic acid groups (broad SMARTS) is 1. The van der Waals surface area contributed by atoms with Crippen LogP contribution in [-0.2, 0) is 9.59 Å². The minimum atomic E-state index is -1.21. The van der Waals surface area contributed by atoms with E-state index in [0.29, 0.717) is 5.75 Å². The molecule has 2 aromatic rings. The van der Waals surface area contributed by atoms with E-state index in [0.717, 1.165) is 17.2 Å². The Hall–Kier alpha value is -3.09. The molecule has 0 aliphatic carbocycles. The third-order valence-electron chi connectivity index (χ3n) is 3.71. The van der Waals surface area contributed by atoms with Crippen molar-refractivity contribution in [1.29, 1.82) is 0 Å². The predicted molar refractivity (Wildman–Crippen MR) is 94.2 cm³/mol. The SMILES string of the molecule is Cc1ccc(OC(C)C(=O)Nc2ccc(OCC(=O)O)c(F)c2)cc1C. The van der Waals surface area contributed by atoms with Gasteiger partial charge in [0.15, 0.2) is 24.3 Å². The van der Waals surface area contributed by atoms with Crippen molar-refractivity contribution in [2.75, 3.05) is 11.9 Å². The van der Waals surface area contributed by atoms with Gasteiger partial charge >= 0.3 is 5.97 Å². The fraction of sp³-hybridized carbons (Fsp3) is 0.263. The molecule has 7 heteroatoms. The smallest absolute Gasteiger partial charge is 0.341 e. The molecule has 1 amide bonds. The summed E-state index contributed by atoms with van der Waals surface area (Å²) in [7, 11) is 0. The van der Waals surface area contributed by atoms with Crippen LogP contribution in [0.2, 0.25) is 0 Å². The molecule has 0 saturated carbocycles. The lowest BCUT2D eigenvalue weighted by atomic mass is 10.1. The summed E-state index contributed by atoms with van der Waals surface area (Å²) in [5.41, 5.74) is 2.38. The Kier molecular flexibility index (Phi) is 6.16. The number of rotatable bonds is 7. The summed E-state index contributed by atoms with van der Waals surface area (Å²) < 4.78 is 24.3. The van der Waals surface area contributed by atoms with Gasteiger partial charge in [0, 0.05) is 11.8 Å². The second-order valence-electron chi connectivity index (χ2n) is 5.82. The van der Waals surface area contributed by atoms with Gasteiger partial charge in [-0.25, -0.2) is 9.18 Å². The lowest BCUT2D eigenvalue weighted by Crippen LogP contribution is -2.30. The summed E-state index contributed by atoms with van der Waals surface area (Å²) >= 11 is 0. The summed E-state index contributed by atoms with van der Waals surface area (Å²) in [4.78, 5) is 22.7. The molecule has 0 aliphatic rings. The average Bonchev–Trinajstić information content (AvgIpc) is 2.57. The number of aliphatic carboxylic acids is 1. The van der Waals surface area contributed by atoms with Crippen molar-refractivity contribution in [3.05, 3.63) is 53.3 Å². The zero-order valence-electron chi connectivity index (χ0n) is 14.7. The highest BCUT2D eigenvalue weighted by atomic mass is 19.1. The number of carboxylic acids is 1. The van der Waals surface area contributed by atoms with Crippen LogP contribution in [0, 0.1) is 19.7 Å². The maximum atomic E-state index is 13.9. The second kappa shape index (κ2) is 8.33. The lowest BCUT2D eigenvalue weighted by Gasteiger charge is -2.16. The Morgan fingerprint density at radius 2 is 1.88 bits per heavy atom. The number of carbonyl (C=O) groups is 2. The summed E-state index contributed by atoms with van der Waals surface area (Å²) in [5.74, 6) is -2.06. The minimum absolute atomic E-state index is 0.204. The van der Waals surface area contributed by atoms with Crippen LogP contribution in [0.25, 0.3) is 0 Å². The van der Waals surface area contributed by atoms with Gasteiger partial charge in [0.25, 0.3) is 5.91 Å². The van der Waals surface area contributed by atoms with Gasteiger partial charge < -0.3 is 19.9 Å². The third kappa shape index (κ3) is 5.20. The Morgan fingerprint density at radius 1 is 1.15 bits per heavy atom. The van der Waals surface area contributed by atoms with Crippen molar-refractivity contribution in [2.24, 2.45) is 0 Å². The number of halogens is 1. The maximum Gasteiger partial charge on any atom is 0.341 e. The van der Waals surface area contributed by atoms with E-state index < -0.39 is 30.4 Å². The van der Waals surface area contributed by atoms with Crippen LogP contribution >= 0.6 is 0 Å². The van der Waals surface area contributed by atoms with E-state index in [1.54, 1.807) is 13.0 Å². The summed E-state index contributed by atoms with van der Waals surface area (Å²) in [6, 6.07) is 9.25. The Bertz CT molecular complexity index is 822. The zero-order chi connectivity index (χ0) is 19.3. The normalized spacial score (nSPS) is 11.5. The molecule has 0 saturated heterocycles. The van der Waals surface area contributed by atoms with Crippen LogP contribution in [0.15, 0.2) is 36.4 Å². The molecule has 0 aliphatic heterocycles. The first kappa shape index (κ1) is 19.2. The molecule has 0 heterocycles. The van der Waals surface area contributed by atoms with Crippen molar-refractivity contribution in [3.8, 4) is 11.5 Å². The zero-order valence-corrected chi connectivity index (χ0v) is 14.7. The molecular formula is C19H20FNO5. The van der Waals surface area contributed by atoms with E-state index in [1.807, 2.05) is 26.0 Å². The monoisotopic (exact) mass is 361 g/mol. The van der Waals surface area contributed by atoms with Gasteiger partial charge in [-0.05, 0) is 56.2 Å². The maximum absolute atomic E-state index is 13.9. The van der Waals surface area contributed by atoms with Crippen molar-refractivity contribution < 1.29 is 28.6 Å². The standard InChI is InChI=1S/C19H20FNO5/c1-11-4-6-15(8-12(11)2)26-13(3)19(24)21-14-5-7-17(16(20)9-14)25-10-18(22)23/h4-9,13H,10H2,1-3H3,(H,21,24)(H,22,23). The van der Waals surface area contributed by atoms with E-state index in [9.17, 15) is 14.0 Å². The van der Waals surface area contributed by atoms with Crippen LogP contribution in [0.3, 0.4) is 0 Å². The summed E-state index contributed by atoms with van der Waals surface area (Å²) in [5, 5.41) is 11.1. The predicted octanol–water partition coefficient (Wildman–Crippen LogP) is 3.31. The van der Waals surface area contributed by atoms with E-state index in [-0.39, 0.29) is 11.4 Å². The second-order valence-corrected chi connectivity index (χ2v) is 5.82. The molecule has 1 unspecified atom stereocenters. The van der Waals surface area contributed by atoms with Crippen molar-refractivity contribution in [3.63, 3.8) is 0 Å². The fourth-order valence-electron chi connectivity index (χ4n) is 2.12. The van der Waals surface area contributed by atoms with Crippen LogP contribution in [0.5, 0.6) is 11.5 Å². The van der Waals surface area contributed by atoms with Gasteiger partial charge in [-0.2, -0.15) is 0 Å². The summed E-state index contributed by atoms with van der Waals surface area (Å²) in [6.07, 6.45) is -0.789. The van der Waals surface area contributed by atoms with Gasteiger partial charge in [0.1, 0.15) is 5.75 Å². The van der Waals surface area contributed by atoms with E-state index in [2.05, 4.69) is 5.32 Å². The van der Waals surface area contributed by atoms with Gasteiger partial charge in [-0.3, -0.25) is 4.79 Å². The third-order valence-corrected chi connectivity index (χ3v) is 3.71. The Labute approximate surface area is 150 Å². The molecule has 0 fully saturated rings. The topological polar surface area (TPSA) is 84.9 Å². The van der Waals surface area contributed by atoms with Crippen molar-refractivity contribution in [2.45, 2.75) is 26.9 Å². The molecule has 1 atom stereocenters. The molecule has 2 N–H and O–H groups in total. The molecule has 2 aromatic carbocycles. The van der Waals surface area contributed by atoms with Crippen molar-refractivity contribution >= 4 is 17.6 Å². The molecule has 0 spiro atoms. The molecular weight excluding hydrogens is 341 g/mol. The molecule has 26 heavy (non-hydrogen) atoms. The number of aryl methyl sites for hydroxylation is 2.